The first-order chi connectivity index (χ1) is 7.22. The number of aryl methyl sites for hydroxylation is 2. The van der Waals surface area contributed by atoms with Crippen molar-refractivity contribution in [2.75, 3.05) is 11.9 Å². The quantitative estimate of drug-likeness (QED) is 0.832. The third-order valence-electron chi connectivity index (χ3n) is 2.45. The minimum Gasteiger partial charge on any atom is -0.354 e. The fourth-order valence-corrected chi connectivity index (χ4v) is 1.60. The first-order valence-corrected chi connectivity index (χ1v) is 5.26. The summed E-state index contributed by atoms with van der Waals surface area (Å²) in [6.07, 6.45) is 3.09. The van der Waals surface area contributed by atoms with Crippen LogP contribution in [0.5, 0.6) is 0 Å². The molecule has 2 heterocycles. The SMILES string of the molecule is CCCNc1nc(C)c2ccn(C)c2n1. The van der Waals surface area contributed by atoms with E-state index in [1.165, 1.54) is 0 Å². The fraction of sp³-hybridized carbons (Fsp3) is 0.455. The summed E-state index contributed by atoms with van der Waals surface area (Å²) in [5.74, 6) is 0.726. The molecule has 0 radical (unpaired) electrons. The van der Waals surface area contributed by atoms with Gasteiger partial charge in [-0.1, -0.05) is 6.92 Å². The van der Waals surface area contributed by atoms with Crippen molar-refractivity contribution in [1.82, 2.24) is 14.5 Å². The third-order valence-corrected chi connectivity index (χ3v) is 2.45. The summed E-state index contributed by atoms with van der Waals surface area (Å²) in [5, 5.41) is 4.33. The molecule has 0 fully saturated rings. The van der Waals surface area contributed by atoms with Crippen LogP contribution in [-0.4, -0.2) is 21.1 Å². The van der Waals surface area contributed by atoms with E-state index in [0.29, 0.717) is 0 Å². The van der Waals surface area contributed by atoms with Crippen molar-refractivity contribution in [2.45, 2.75) is 20.3 Å². The molecule has 15 heavy (non-hydrogen) atoms. The molecule has 0 amide bonds. The Balaban J connectivity index is 2.45. The molecular weight excluding hydrogens is 188 g/mol. The summed E-state index contributed by atoms with van der Waals surface area (Å²) < 4.78 is 2.02. The topological polar surface area (TPSA) is 42.7 Å². The lowest BCUT2D eigenvalue weighted by Gasteiger charge is -2.05. The molecule has 0 atom stereocenters. The predicted molar refractivity (Wildman–Crippen MR) is 62.0 cm³/mol. The van der Waals surface area contributed by atoms with Gasteiger partial charge in [0.05, 0.1) is 5.69 Å². The summed E-state index contributed by atoms with van der Waals surface area (Å²) >= 11 is 0. The van der Waals surface area contributed by atoms with E-state index in [2.05, 4.69) is 22.2 Å². The zero-order chi connectivity index (χ0) is 10.8. The van der Waals surface area contributed by atoms with Crippen LogP contribution in [0, 0.1) is 6.92 Å². The Bertz CT molecular complexity index is 473. The van der Waals surface area contributed by atoms with E-state index >= 15 is 0 Å². The van der Waals surface area contributed by atoms with Crippen LogP contribution in [0.15, 0.2) is 12.3 Å². The van der Waals surface area contributed by atoms with E-state index < -0.39 is 0 Å². The molecule has 0 aliphatic rings. The van der Waals surface area contributed by atoms with Crippen LogP contribution in [0.4, 0.5) is 5.95 Å². The molecule has 4 heteroatoms. The van der Waals surface area contributed by atoms with Crippen molar-refractivity contribution in [1.29, 1.82) is 0 Å². The van der Waals surface area contributed by atoms with E-state index in [1.807, 2.05) is 30.8 Å². The van der Waals surface area contributed by atoms with Crippen molar-refractivity contribution in [3.8, 4) is 0 Å². The number of rotatable bonds is 3. The number of nitrogens with zero attached hydrogens (tertiary/aromatic N) is 3. The van der Waals surface area contributed by atoms with Crippen LogP contribution in [-0.2, 0) is 7.05 Å². The van der Waals surface area contributed by atoms with Gasteiger partial charge in [0.1, 0.15) is 5.65 Å². The van der Waals surface area contributed by atoms with Crippen LogP contribution in [0.2, 0.25) is 0 Å². The maximum absolute atomic E-state index is 4.47. The van der Waals surface area contributed by atoms with Crippen molar-refractivity contribution in [3.05, 3.63) is 18.0 Å². The van der Waals surface area contributed by atoms with Gasteiger partial charge >= 0.3 is 0 Å². The van der Waals surface area contributed by atoms with Gasteiger partial charge in [0.15, 0.2) is 0 Å². The molecule has 0 unspecified atom stereocenters. The van der Waals surface area contributed by atoms with Crippen LogP contribution in [0.3, 0.4) is 0 Å². The minimum absolute atomic E-state index is 0.726. The highest BCUT2D eigenvalue weighted by atomic mass is 15.1. The first kappa shape index (κ1) is 9.96. The fourth-order valence-electron chi connectivity index (χ4n) is 1.60. The van der Waals surface area contributed by atoms with Gasteiger partial charge in [-0.05, 0) is 19.4 Å². The molecule has 0 saturated carbocycles. The van der Waals surface area contributed by atoms with E-state index in [0.717, 1.165) is 35.6 Å². The second-order valence-electron chi connectivity index (χ2n) is 3.72. The highest BCUT2D eigenvalue weighted by Gasteiger charge is 2.06. The molecule has 80 valence electrons. The molecular formula is C11H16N4. The summed E-state index contributed by atoms with van der Waals surface area (Å²) in [5.41, 5.74) is 2.01. The van der Waals surface area contributed by atoms with Crippen molar-refractivity contribution >= 4 is 17.0 Å². The number of anilines is 1. The predicted octanol–water partition coefficient (Wildman–Crippen LogP) is 2.10. The highest BCUT2D eigenvalue weighted by molar-refractivity contribution is 5.79. The van der Waals surface area contributed by atoms with Crippen LogP contribution in [0.25, 0.3) is 11.0 Å². The van der Waals surface area contributed by atoms with Gasteiger partial charge in [-0.25, -0.2) is 4.98 Å². The second-order valence-corrected chi connectivity index (χ2v) is 3.72. The van der Waals surface area contributed by atoms with Crippen LogP contribution >= 0.6 is 0 Å². The van der Waals surface area contributed by atoms with E-state index in [4.69, 9.17) is 0 Å². The molecule has 0 aliphatic carbocycles. The molecule has 0 bridgehead atoms. The Morgan fingerprint density at radius 2 is 2.20 bits per heavy atom. The highest BCUT2D eigenvalue weighted by Crippen LogP contribution is 2.17. The molecule has 0 saturated heterocycles. The maximum atomic E-state index is 4.47. The zero-order valence-corrected chi connectivity index (χ0v) is 9.41. The number of hydrogen-bond donors (Lipinski definition) is 1. The van der Waals surface area contributed by atoms with E-state index in [-0.39, 0.29) is 0 Å². The van der Waals surface area contributed by atoms with Gasteiger partial charge in [0.2, 0.25) is 5.95 Å². The molecule has 1 N–H and O–H groups in total. The summed E-state index contributed by atoms with van der Waals surface area (Å²) in [4.78, 5) is 8.89. The normalized spacial score (nSPS) is 10.9. The van der Waals surface area contributed by atoms with Crippen molar-refractivity contribution < 1.29 is 0 Å². The molecule has 0 spiro atoms. The lowest BCUT2D eigenvalue weighted by atomic mass is 10.3. The number of nitrogens with one attached hydrogen (secondary N) is 1. The zero-order valence-electron chi connectivity index (χ0n) is 9.41. The average molecular weight is 204 g/mol. The van der Waals surface area contributed by atoms with Gasteiger partial charge < -0.3 is 9.88 Å². The third kappa shape index (κ3) is 1.79. The van der Waals surface area contributed by atoms with Gasteiger partial charge in [-0.15, -0.1) is 0 Å². The second kappa shape index (κ2) is 3.88. The van der Waals surface area contributed by atoms with Crippen molar-refractivity contribution in [2.24, 2.45) is 7.05 Å². The Hall–Kier alpha value is -1.58. The Morgan fingerprint density at radius 1 is 1.40 bits per heavy atom. The lowest BCUT2D eigenvalue weighted by Crippen LogP contribution is -2.06. The van der Waals surface area contributed by atoms with Crippen LogP contribution in [0.1, 0.15) is 19.0 Å². The van der Waals surface area contributed by atoms with Gasteiger partial charge in [0.25, 0.3) is 0 Å². The summed E-state index contributed by atoms with van der Waals surface area (Å²) in [6, 6.07) is 2.05. The minimum atomic E-state index is 0.726. The van der Waals surface area contributed by atoms with Gasteiger partial charge in [-0.3, -0.25) is 0 Å². The molecule has 2 rings (SSSR count). The number of hydrogen-bond acceptors (Lipinski definition) is 3. The van der Waals surface area contributed by atoms with Gasteiger partial charge in [-0.2, -0.15) is 4.98 Å². The lowest BCUT2D eigenvalue weighted by molar-refractivity contribution is 0.923. The van der Waals surface area contributed by atoms with Gasteiger partial charge in [0, 0.05) is 25.2 Å². The Morgan fingerprint density at radius 3 is 2.93 bits per heavy atom. The smallest absolute Gasteiger partial charge is 0.224 e. The van der Waals surface area contributed by atoms with E-state index in [9.17, 15) is 0 Å². The average Bonchev–Trinajstić information content (AvgIpc) is 2.58. The molecule has 0 aliphatic heterocycles. The monoisotopic (exact) mass is 204 g/mol. The van der Waals surface area contributed by atoms with E-state index in [1.54, 1.807) is 0 Å². The Labute approximate surface area is 89.3 Å². The maximum Gasteiger partial charge on any atom is 0.224 e. The molecule has 2 aromatic heterocycles. The van der Waals surface area contributed by atoms with Crippen molar-refractivity contribution in [3.63, 3.8) is 0 Å². The Kier molecular flexibility index (Phi) is 2.58. The number of aromatic nitrogens is 3. The number of fused-ring (bicyclic) bond motifs is 1. The first-order valence-electron chi connectivity index (χ1n) is 5.26. The summed E-state index contributed by atoms with van der Waals surface area (Å²) in [6.45, 7) is 5.05. The van der Waals surface area contributed by atoms with Crippen LogP contribution < -0.4 is 5.32 Å². The molecule has 0 aromatic carbocycles. The largest absolute Gasteiger partial charge is 0.354 e. The molecule has 4 nitrogen and oxygen atoms in total. The summed E-state index contributed by atoms with van der Waals surface area (Å²) in [7, 11) is 2.00. The molecule has 2 aromatic rings. The standard InChI is InChI=1S/C11H16N4/c1-4-6-12-11-13-8(2)9-5-7-15(3)10(9)14-11/h5,7H,4,6H2,1-3H3,(H,12,13,14).